The predicted molar refractivity (Wildman–Crippen MR) is 82.7 cm³/mol. The first-order chi connectivity index (χ1) is 9.88. The predicted octanol–water partition coefficient (Wildman–Crippen LogP) is 4.51. The van der Waals surface area contributed by atoms with E-state index >= 15 is 0 Å². The Morgan fingerprint density at radius 3 is 2.43 bits per heavy atom. The van der Waals surface area contributed by atoms with Crippen LogP contribution in [0.1, 0.15) is 24.2 Å². The van der Waals surface area contributed by atoms with Crippen LogP contribution >= 0.6 is 15.9 Å². The number of hydrogen-bond donors (Lipinski definition) is 1. The van der Waals surface area contributed by atoms with E-state index < -0.39 is 11.0 Å². The molecule has 5 nitrogen and oxygen atoms in total. The molecule has 6 heteroatoms. The first-order valence-electron chi connectivity index (χ1n) is 6.29. The number of ether oxygens (including phenoxy) is 1. The maximum absolute atomic E-state index is 11.1. The zero-order valence-electron chi connectivity index (χ0n) is 11.5. The molecule has 0 aromatic heterocycles. The highest BCUT2D eigenvalue weighted by Gasteiger charge is 2.19. The van der Waals surface area contributed by atoms with E-state index in [0.29, 0.717) is 15.8 Å². The van der Waals surface area contributed by atoms with Gasteiger partial charge >= 0.3 is 5.69 Å². The van der Waals surface area contributed by atoms with Crippen LogP contribution in [0.15, 0.2) is 40.9 Å². The van der Waals surface area contributed by atoms with Gasteiger partial charge in [0.25, 0.3) is 0 Å². The minimum Gasteiger partial charge on any atom is -0.450 e. The van der Waals surface area contributed by atoms with E-state index in [1.807, 2.05) is 0 Å². The molecule has 0 radical (unpaired) electrons. The second kappa shape index (κ2) is 6.24. The van der Waals surface area contributed by atoms with E-state index in [2.05, 4.69) is 15.9 Å². The van der Waals surface area contributed by atoms with Gasteiger partial charge in [-0.2, -0.15) is 0 Å². The molecule has 0 unspecified atom stereocenters. The van der Waals surface area contributed by atoms with Crippen LogP contribution in [0, 0.1) is 17.0 Å². The molecule has 0 aliphatic carbocycles. The zero-order chi connectivity index (χ0) is 15.6. The molecule has 0 heterocycles. The maximum Gasteiger partial charge on any atom is 0.312 e. The maximum atomic E-state index is 11.1. The normalized spacial score (nSPS) is 12.0. The van der Waals surface area contributed by atoms with Gasteiger partial charge in [0.05, 0.1) is 11.0 Å². The smallest absolute Gasteiger partial charge is 0.312 e. The lowest BCUT2D eigenvalue weighted by molar-refractivity contribution is -0.385. The number of hydrogen-bond acceptors (Lipinski definition) is 4. The van der Waals surface area contributed by atoms with Crippen molar-refractivity contribution in [2.45, 2.75) is 20.0 Å². The molecule has 2 rings (SSSR count). The Labute approximate surface area is 130 Å². The molecule has 1 N–H and O–H groups in total. The van der Waals surface area contributed by atoms with E-state index in [0.717, 1.165) is 5.56 Å². The minimum absolute atomic E-state index is 0.0959. The Morgan fingerprint density at radius 1 is 1.29 bits per heavy atom. The fourth-order valence-electron chi connectivity index (χ4n) is 1.91. The fraction of sp³-hybridized carbons (Fsp3) is 0.200. The van der Waals surface area contributed by atoms with Crippen LogP contribution < -0.4 is 4.74 Å². The minimum atomic E-state index is -0.567. The van der Waals surface area contributed by atoms with Crippen molar-refractivity contribution >= 4 is 21.6 Å². The monoisotopic (exact) mass is 351 g/mol. The summed E-state index contributed by atoms with van der Waals surface area (Å²) in [6.07, 6.45) is -0.567. The summed E-state index contributed by atoms with van der Waals surface area (Å²) >= 11 is 3.24. The molecule has 0 spiro atoms. The fourth-order valence-corrected chi connectivity index (χ4v) is 2.47. The highest BCUT2D eigenvalue weighted by molar-refractivity contribution is 9.10. The van der Waals surface area contributed by atoms with Gasteiger partial charge in [-0.3, -0.25) is 10.1 Å². The van der Waals surface area contributed by atoms with Crippen LogP contribution in [-0.2, 0) is 0 Å². The summed E-state index contributed by atoms with van der Waals surface area (Å²) in [5.74, 6) is 0.695. The number of rotatable bonds is 4. The van der Waals surface area contributed by atoms with Gasteiger partial charge in [0, 0.05) is 10.5 Å². The van der Waals surface area contributed by atoms with Gasteiger partial charge in [-0.1, -0.05) is 28.1 Å². The molecule has 0 saturated heterocycles. The molecule has 0 aliphatic heterocycles. The molecular weight excluding hydrogens is 338 g/mol. The second-order valence-electron chi connectivity index (χ2n) is 4.68. The molecule has 1 atom stereocenters. The van der Waals surface area contributed by atoms with Gasteiger partial charge in [-0.25, -0.2) is 0 Å². The Bertz CT molecular complexity index is 668. The number of nitrogens with zero attached hydrogens (tertiary/aromatic N) is 1. The highest BCUT2D eigenvalue weighted by Crippen LogP contribution is 2.37. The van der Waals surface area contributed by atoms with Gasteiger partial charge in [0.2, 0.25) is 5.75 Å². The average molecular weight is 352 g/mol. The molecule has 2 aromatic carbocycles. The van der Waals surface area contributed by atoms with Crippen molar-refractivity contribution in [1.29, 1.82) is 0 Å². The van der Waals surface area contributed by atoms with E-state index in [9.17, 15) is 15.2 Å². The Hall–Kier alpha value is -1.92. The number of aryl methyl sites for hydroxylation is 1. The number of nitro groups is 1. The highest BCUT2D eigenvalue weighted by atomic mass is 79.9. The molecule has 21 heavy (non-hydrogen) atoms. The third kappa shape index (κ3) is 3.59. The van der Waals surface area contributed by atoms with Crippen molar-refractivity contribution in [2.24, 2.45) is 0 Å². The summed E-state index contributed by atoms with van der Waals surface area (Å²) in [6, 6.07) is 9.96. The van der Waals surface area contributed by atoms with Gasteiger partial charge in [0.15, 0.2) is 0 Å². The van der Waals surface area contributed by atoms with Crippen molar-refractivity contribution in [1.82, 2.24) is 0 Å². The van der Waals surface area contributed by atoms with Gasteiger partial charge in [0.1, 0.15) is 5.75 Å². The van der Waals surface area contributed by atoms with E-state index in [1.165, 1.54) is 6.07 Å². The van der Waals surface area contributed by atoms with Gasteiger partial charge < -0.3 is 9.84 Å². The van der Waals surface area contributed by atoms with E-state index in [4.69, 9.17) is 4.74 Å². The van der Waals surface area contributed by atoms with Gasteiger partial charge in [-0.15, -0.1) is 0 Å². The third-order valence-corrected chi connectivity index (χ3v) is 3.46. The summed E-state index contributed by atoms with van der Waals surface area (Å²) in [4.78, 5) is 10.7. The number of nitro benzene ring substituents is 1. The van der Waals surface area contributed by atoms with Crippen LogP contribution in [0.3, 0.4) is 0 Å². The van der Waals surface area contributed by atoms with Crippen molar-refractivity contribution in [3.8, 4) is 11.5 Å². The summed E-state index contributed by atoms with van der Waals surface area (Å²) in [7, 11) is 0. The third-order valence-electron chi connectivity index (χ3n) is 3.00. The molecule has 0 aliphatic rings. The molecule has 0 bridgehead atoms. The number of aliphatic hydroxyl groups excluding tert-OH is 1. The first kappa shape index (κ1) is 15.5. The molecule has 0 fully saturated rings. The van der Waals surface area contributed by atoms with Crippen LogP contribution in [0.25, 0.3) is 0 Å². The summed E-state index contributed by atoms with van der Waals surface area (Å²) in [5.41, 5.74) is 1.32. The van der Waals surface area contributed by atoms with Crippen LogP contribution in [0.5, 0.6) is 11.5 Å². The largest absolute Gasteiger partial charge is 0.450 e. The lowest BCUT2D eigenvalue weighted by Gasteiger charge is -2.11. The van der Waals surface area contributed by atoms with Crippen LogP contribution in [0.2, 0.25) is 0 Å². The molecule has 0 amide bonds. The quantitative estimate of drug-likeness (QED) is 0.649. The van der Waals surface area contributed by atoms with Crippen LogP contribution in [0.4, 0.5) is 5.69 Å². The summed E-state index contributed by atoms with van der Waals surface area (Å²) < 4.78 is 6.28. The summed E-state index contributed by atoms with van der Waals surface area (Å²) in [6.45, 7) is 3.41. The lowest BCUT2D eigenvalue weighted by atomic mass is 10.1. The second-order valence-corrected chi connectivity index (χ2v) is 5.59. The van der Waals surface area contributed by atoms with E-state index in [-0.39, 0.29) is 11.4 Å². The summed E-state index contributed by atoms with van der Waals surface area (Å²) in [5, 5.41) is 20.6. The van der Waals surface area contributed by atoms with Gasteiger partial charge in [-0.05, 0) is 43.2 Å². The number of halogens is 1. The first-order valence-corrected chi connectivity index (χ1v) is 7.08. The number of aliphatic hydroxyl groups is 1. The lowest BCUT2D eigenvalue weighted by Crippen LogP contribution is -1.97. The Balaban J connectivity index is 2.37. The zero-order valence-corrected chi connectivity index (χ0v) is 13.1. The molecule has 0 saturated carbocycles. The molecular formula is C15H14BrNO4. The SMILES string of the molecule is Cc1cc(Br)cc([N+](=O)[O-])c1Oc1ccc([C@H](C)O)cc1. The van der Waals surface area contributed by atoms with Crippen molar-refractivity contribution in [3.05, 3.63) is 62.1 Å². The number of benzene rings is 2. The average Bonchev–Trinajstić information content (AvgIpc) is 2.41. The Kier molecular flexibility index (Phi) is 4.59. The Morgan fingerprint density at radius 2 is 1.90 bits per heavy atom. The molecule has 2 aromatic rings. The van der Waals surface area contributed by atoms with Crippen molar-refractivity contribution in [3.63, 3.8) is 0 Å². The van der Waals surface area contributed by atoms with Crippen molar-refractivity contribution in [2.75, 3.05) is 0 Å². The van der Waals surface area contributed by atoms with Crippen molar-refractivity contribution < 1.29 is 14.8 Å². The van der Waals surface area contributed by atoms with Crippen LogP contribution in [-0.4, -0.2) is 10.0 Å². The standard InChI is InChI=1S/C15H14BrNO4/c1-9-7-12(16)8-14(17(19)20)15(9)21-13-5-3-11(4-6-13)10(2)18/h3-8,10,18H,1-2H3/t10-/m0/s1. The van der Waals surface area contributed by atoms with E-state index in [1.54, 1.807) is 44.2 Å². The topological polar surface area (TPSA) is 72.6 Å². The molecule has 110 valence electrons.